The lowest BCUT2D eigenvalue weighted by atomic mass is 10.2. The van der Waals surface area contributed by atoms with Crippen molar-refractivity contribution in [3.8, 4) is 0 Å². The lowest BCUT2D eigenvalue weighted by Gasteiger charge is -2.09. The fourth-order valence-electron chi connectivity index (χ4n) is 1.74. The van der Waals surface area contributed by atoms with Crippen LogP contribution in [0.25, 0.3) is 5.65 Å². The summed E-state index contributed by atoms with van der Waals surface area (Å²) < 4.78 is 1.39. The zero-order valence-electron chi connectivity index (χ0n) is 10.6. The Morgan fingerprint density at radius 1 is 1.44 bits per heavy atom. The van der Waals surface area contributed by atoms with Gasteiger partial charge in [0.15, 0.2) is 0 Å². The van der Waals surface area contributed by atoms with Gasteiger partial charge in [0, 0.05) is 18.4 Å². The molecule has 0 fully saturated rings. The molecule has 2 aromatic rings. The maximum Gasteiger partial charge on any atom is 0.270 e. The Labute approximate surface area is 104 Å². The van der Waals surface area contributed by atoms with Crippen LogP contribution in [0.4, 0.5) is 0 Å². The predicted octanol–water partition coefficient (Wildman–Crippen LogP) is 1.14. The van der Waals surface area contributed by atoms with Crippen LogP contribution in [-0.2, 0) is 0 Å². The maximum absolute atomic E-state index is 12.2. The van der Waals surface area contributed by atoms with E-state index in [1.54, 1.807) is 12.3 Å². The molecule has 2 heterocycles. The van der Waals surface area contributed by atoms with Crippen molar-refractivity contribution < 1.29 is 4.79 Å². The maximum atomic E-state index is 12.2. The van der Waals surface area contributed by atoms with E-state index in [0.29, 0.717) is 5.65 Å². The minimum Gasteiger partial charge on any atom is -0.350 e. The van der Waals surface area contributed by atoms with Crippen molar-refractivity contribution in [1.82, 2.24) is 14.7 Å². The number of aromatic nitrogens is 2. The molecule has 0 aliphatic heterocycles. The molecule has 94 valence electrons. The Morgan fingerprint density at radius 3 is 2.83 bits per heavy atom. The number of aryl methyl sites for hydroxylation is 1. The summed E-state index contributed by atoms with van der Waals surface area (Å²) in [4.78, 5) is 28.2. The topological polar surface area (TPSA) is 63.5 Å². The van der Waals surface area contributed by atoms with E-state index >= 15 is 0 Å². The van der Waals surface area contributed by atoms with Crippen LogP contribution in [0.5, 0.6) is 0 Å². The summed E-state index contributed by atoms with van der Waals surface area (Å²) in [6.07, 6.45) is 2.95. The summed E-state index contributed by atoms with van der Waals surface area (Å²) in [6.45, 7) is 5.55. The highest BCUT2D eigenvalue weighted by Crippen LogP contribution is 2.04. The van der Waals surface area contributed by atoms with Crippen LogP contribution in [0, 0.1) is 6.92 Å². The van der Waals surface area contributed by atoms with Crippen molar-refractivity contribution in [2.75, 3.05) is 0 Å². The summed E-state index contributed by atoms with van der Waals surface area (Å²) in [7, 11) is 0. The SMILES string of the molecule is Cc1cccn2c(=O)c(C(=O)NC(C)C)cnc12. The molecule has 0 radical (unpaired) electrons. The molecular formula is C13H15N3O2. The van der Waals surface area contributed by atoms with Gasteiger partial charge in [0.1, 0.15) is 11.2 Å². The molecule has 18 heavy (non-hydrogen) atoms. The zero-order valence-corrected chi connectivity index (χ0v) is 10.6. The standard InChI is InChI=1S/C13H15N3O2/c1-8(2)15-12(17)10-7-14-11-9(3)5-4-6-16(11)13(10)18/h4-8H,1-3H3,(H,15,17). The Hall–Kier alpha value is -2.17. The number of rotatable bonds is 2. The molecule has 0 unspecified atom stereocenters. The lowest BCUT2D eigenvalue weighted by molar-refractivity contribution is 0.0941. The molecule has 0 aliphatic carbocycles. The van der Waals surface area contributed by atoms with E-state index in [1.165, 1.54) is 10.6 Å². The van der Waals surface area contributed by atoms with Gasteiger partial charge in [-0.1, -0.05) is 6.07 Å². The molecule has 0 bridgehead atoms. The number of hydrogen-bond donors (Lipinski definition) is 1. The Balaban J connectivity index is 2.59. The van der Waals surface area contributed by atoms with Gasteiger partial charge in [-0.3, -0.25) is 14.0 Å². The molecule has 0 saturated heterocycles. The molecule has 0 aromatic carbocycles. The third-order valence-electron chi connectivity index (χ3n) is 2.59. The van der Waals surface area contributed by atoms with Gasteiger partial charge in [-0.15, -0.1) is 0 Å². The number of carbonyl (C=O) groups is 1. The fourth-order valence-corrected chi connectivity index (χ4v) is 1.74. The van der Waals surface area contributed by atoms with Crippen molar-refractivity contribution in [3.05, 3.63) is 46.0 Å². The number of amides is 1. The quantitative estimate of drug-likeness (QED) is 0.863. The lowest BCUT2D eigenvalue weighted by Crippen LogP contribution is -2.35. The van der Waals surface area contributed by atoms with E-state index in [1.807, 2.05) is 26.8 Å². The van der Waals surface area contributed by atoms with Gasteiger partial charge in [-0.05, 0) is 32.4 Å². The third kappa shape index (κ3) is 2.11. The first-order chi connectivity index (χ1) is 8.50. The van der Waals surface area contributed by atoms with Crippen LogP contribution in [0.15, 0.2) is 29.3 Å². The molecule has 1 amide bonds. The monoisotopic (exact) mass is 245 g/mol. The Morgan fingerprint density at radius 2 is 2.17 bits per heavy atom. The number of carbonyl (C=O) groups excluding carboxylic acids is 1. The summed E-state index contributed by atoms with van der Waals surface area (Å²) in [6, 6.07) is 3.61. The van der Waals surface area contributed by atoms with Gasteiger partial charge in [-0.25, -0.2) is 4.98 Å². The molecule has 5 nitrogen and oxygen atoms in total. The van der Waals surface area contributed by atoms with Crippen LogP contribution < -0.4 is 10.9 Å². The van der Waals surface area contributed by atoms with Gasteiger partial charge in [0.25, 0.3) is 11.5 Å². The van der Waals surface area contributed by atoms with E-state index < -0.39 is 5.91 Å². The first-order valence-electron chi connectivity index (χ1n) is 5.78. The van der Waals surface area contributed by atoms with Crippen LogP contribution >= 0.6 is 0 Å². The number of hydrogen-bond acceptors (Lipinski definition) is 3. The highest BCUT2D eigenvalue weighted by Gasteiger charge is 2.14. The van der Waals surface area contributed by atoms with Crippen LogP contribution in [0.3, 0.4) is 0 Å². The van der Waals surface area contributed by atoms with Gasteiger partial charge in [0.2, 0.25) is 0 Å². The molecule has 2 aromatic heterocycles. The molecule has 0 atom stereocenters. The molecule has 1 N–H and O–H groups in total. The number of nitrogens with one attached hydrogen (secondary N) is 1. The van der Waals surface area contributed by atoms with Gasteiger partial charge in [0.05, 0.1) is 0 Å². The normalized spacial score (nSPS) is 10.9. The summed E-state index contributed by atoms with van der Waals surface area (Å²) in [5.41, 5.74) is 1.18. The van der Waals surface area contributed by atoms with Crippen molar-refractivity contribution in [2.24, 2.45) is 0 Å². The molecule has 0 aliphatic rings. The average molecular weight is 245 g/mol. The highest BCUT2D eigenvalue weighted by atomic mass is 16.2. The third-order valence-corrected chi connectivity index (χ3v) is 2.59. The predicted molar refractivity (Wildman–Crippen MR) is 68.8 cm³/mol. The first-order valence-corrected chi connectivity index (χ1v) is 5.78. The van der Waals surface area contributed by atoms with Crippen LogP contribution in [-0.4, -0.2) is 21.3 Å². The second-order valence-electron chi connectivity index (χ2n) is 4.49. The van der Waals surface area contributed by atoms with Crippen LogP contribution in [0.1, 0.15) is 29.8 Å². The average Bonchev–Trinajstić information content (AvgIpc) is 2.29. The van der Waals surface area contributed by atoms with E-state index in [-0.39, 0.29) is 17.2 Å². The smallest absolute Gasteiger partial charge is 0.270 e. The molecule has 0 spiro atoms. The van der Waals surface area contributed by atoms with Crippen molar-refractivity contribution in [2.45, 2.75) is 26.8 Å². The van der Waals surface area contributed by atoms with Crippen molar-refractivity contribution >= 4 is 11.6 Å². The van der Waals surface area contributed by atoms with Crippen LogP contribution in [0.2, 0.25) is 0 Å². The second kappa shape index (κ2) is 4.60. The molecular weight excluding hydrogens is 230 g/mol. The molecule has 0 saturated carbocycles. The van der Waals surface area contributed by atoms with Gasteiger partial charge in [-0.2, -0.15) is 0 Å². The number of nitrogens with zero attached hydrogens (tertiary/aromatic N) is 2. The Bertz CT molecular complexity index is 659. The van der Waals surface area contributed by atoms with E-state index in [4.69, 9.17) is 0 Å². The molecule has 5 heteroatoms. The minimum absolute atomic E-state index is 0.0184. The zero-order chi connectivity index (χ0) is 13.3. The fraction of sp³-hybridized carbons (Fsp3) is 0.308. The number of pyridine rings is 1. The summed E-state index contributed by atoms with van der Waals surface area (Å²) in [5.74, 6) is -0.390. The summed E-state index contributed by atoms with van der Waals surface area (Å²) in [5, 5.41) is 2.69. The van der Waals surface area contributed by atoms with E-state index in [9.17, 15) is 9.59 Å². The minimum atomic E-state index is -0.390. The van der Waals surface area contributed by atoms with Crippen molar-refractivity contribution in [3.63, 3.8) is 0 Å². The van der Waals surface area contributed by atoms with Crippen molar-refractivity contribution in [1.29, 1.82) is 0 Å². The Kier molecular flexibility index (Phi) is 3.14. The van der Waals surface area contributed by atoms with E-state index in [2.05, 4.69) is 10.3 Å². The van der Waals surface area contributed by atoms with E-state index in [0.717, 1.165) is 5.56 Å². The highest BCUT2D eigenvalue weighted by molar-refractivity contribution is 5.93. The second-order valence-corrected chi connectivity index (χ2v) is 4.49. The summed E-state index contributed by atoms with van der Waals surface area (Å²) >= 11 is 0. The van der Waals surface area contributed by atoms with Gasteiger partial charge < -0.3 is 5.32 Å². The molecule has 2 rings (SSSR count). The number of fused-ring (bicyclic) bond motifs is 1. The largest absolute Gasteiger partial charge is 0.350 e. The first kappa shape index (κ1) is 12.3. The van der Waals surface area contributed by atoms with Gasteiger partial charge >= 0.3 is 0 Å².